The van der Waals surface area contributed by atoms with Crippen molar-refractivity contribution in [1.29, 1.82) is 0 Å². The van der Waals surface area contributed by atoms with E-state index in [1.165, 1.54) is 12.8 Å². The second-order valence-corrected chi connectivity index (χ2v) is 5.96. The van der Waals surface area contributed by atoms with Crippen molar-refractivity contribution in [1.82, 2.24) is 10.1 Å². The summed E-state index contributed by atoms with van der Waals surface area (Å²) in [4.78, 5) is 4.38. The van der Waals surface area contributed by atoms with Crippen molar-refractivity contribution < 1.29 is 9.26 Å². The Bertz CT molecular complexity index is 402. The van der Waals surface area contributed by atoms with Crippen LogP contribution in [0.4, 0.5) is 6.01 Å². The highest BCUT2D eigenvalue weighted by Crippen LogP contribution is 2.26. The van der Waals surface area contributed by atoms with Crippen molar-refractivity contribution in [2.24, 2.45) is 5.92 Å². The lowest BCUT2D eigenvalue weighted by Gasteiger charge is -2.34. The predicted molar refractivity (Wildman–Crippen MR) is 78.8 cm³/mol. The Morgan fingerprint density at radius 2 is 2.05 bits per heavy atom. The average Bonchev–Trinajstić information content (AvgIpc) is 2.89. The molecule has 114 valence electrons. The number of hydrogen-bond donors (Lipinski definition) is 1. The molecule has 0 aromatic carbocycles. The van der Waals surface area contributed by atoms with Crippen LogP contribution in [0.25, 0.3) is 0 Å². The van der Waals surface area contributed by atoms with Gasteiger partial charge in [0.1, 0.15) is 0 Å². The zero-order valence-electron chi connectivity index (χ0n) is 13.1. The third-order valence-electron chi connectivity index (χ3n) is 4.18. The van der Waals surface area contributed by atoms with E-state index in [9.17, 15) is 0 Å². The van der Waals surface area contributed by atoms with Crippen molar-refractivity contribution in [3.63, 3.8) is 0 Å². The summed E-state index contributed by atoms with van der Waals surface area (Å²) in [6.07, 6.45) is 4.71. The van der Waals surface area contributed by atoms with Gasteiger partial charge in [0.05, 0.1) is 6.10 Å². The molecular formula is C15H27N3O2. The van der Waals surface area contributed by atoms with E-state index in [2.05, 4.69) is 43.2 Å². The summed E-state index contributed by atoms with van der Waals surface area (Å²) in [7, 11) is 0. The summed E-state index contributed by atoms with van der Waals surface area (Å²) in [5.74, 6) is 1.70. The molecule has 5 heteroatoms. The molecule has 1 aromatic heterocycles. The number of rotatable bonds is 6. The van der Waals surface area contributed by atoms with Gasteiger partial charge < -0.3 is 14.6 Å². The highest BCUT2D eigenvalue weighted by Gasteiger charge is 2.28. The van der Waals surface area contributed by atoms with E-state index in [-0.39, 0.29) is 0 Å². The Labute approximate surface area is 121 Å². The van der Waals surface area contributed by atoms with E-state index >= 15 is 0 Å². The molecule has 0 radical (unpaired) electrons. The smallest absolute Gasteiger partial charge is 0.321 e. The first kappa shape index (κ1) is 15.3. The van der Waals surface area contributed by atoms with Gasteiger partial charge in [-0.1, -0.05) is 45.7 Å². The summed E-state index contributed by atoms with van der Waals surface area (Å²) in [6, 6.07) is 0.915. The molecule has 0 saturated carbocycles. The van der Waals surface area contributed by atoms with Gasteiger partial charge in [-0.3, -0.25) is 0 Å². The standard InChI is InChI=1S/C15H27N3O2/c1-5-11(6-2)13-9-12(7-8-19-13)16-15-17-14(10(3)4)18-20-15/h10-13H,5-9H2,1-4H3,(H,16,17,18). The lowest BCUT2D eigenvalue weighted by molar-refractivity contribution is -0.0273. The maximum Gasteiger partial charge on any atom is 0.321 e. The average molecular weight is 281 g/mol. The van der Waals surface area contributed by atoms with Crippen molar-refractivity contribution in [2.45, 2.75) is 71.4 Å². The lowest BCUT2D eigenvalue weighted by Crippen LogP contribution is -2.38. The quantitative estimate of drug-likeness (QED) is 0.863. The van der Waals surface area contributed by atoms with Gasteiger partial charge in [0, 0.05) is 18.6 Å². The number of ether oxygens (including phenoxy) is 1. The Balaban J connectivity index is 1.91. The summed E-state index contributed by atoms with van der Waals surface area (Å²) in [5, 5.41) is 7.36. The van der Waals surface area contributed by atoms with Gasteiger partial charge in [-0.15, -0.1) is 0 Å². The Hall–Kier alpha value is -1.10. The highest BCUT2D eigenvalue weighted by atomic mass is 16.5. The Morgan fingerprint density at radius 3 is 2.65 bits per heavy atom. The van der Waals surface area contributed by atoms with E-state index < -0.39 is 0 Å². The molecule has 0 aliphatic carbocycles. The van der Waals surface area contributed by atoms with Crippen molar-refractivity contribution >= 4 is 6.01 Å². The number of nitrogens with one attached hydrogen (secondary N) is 1. The molecule has 5 nitrogen and oxygen atoms in total. The van der Waals surface area contributed by atoms with E-state index in [1.54, 1.807) is 0 Å². The molecule has 1 aliphatic heterocycles. The van der Waals surface area contributed by atoms with Gasteiger partial charge in [0.2, 0.25) is 0 Å². The third-order valence-corrected chi connectivity index (χ3v) is 4.18. The number of aromatic nitrogens is 2. The van der Waals surface area contributed by atoms with Gasteiger partial charge in [0.15, 0.2) is 5.82 Å². The molecule has 0 bridgehead atoms. The molecule has 1 aliphatic rings. The normalized spacial score (nSPS) is 23.5. The zero-order valence-corrected chi connectivity index (χ0v) is 13.1. The maximum atomic E-state index is 5.93. The van der Waals surface area contributed by atoms with Crippen LogP contribution in [0.15, 0.2) is 4.52 Å². The van der Waals surface area contributed by atoms with E-state index in [0.717, 1.165) is 25.3 Å². The van der Waals surface area contributed by atoms with Crippen molar-refractivity contribution in [2.75, 3.05) is 11.9 Å². The predicted octanol–water partition coefficient (Wildman–Crippen LogP) is 3.59. The molecule has 1 aromatic rings. The second kappa shape index (κ2) is 7.07. The molecule has 20 heavy (non-hydrogen) atoms. The van der Waals surface area contributed by atoms with Gasteiger partial charge >= 0.3 is 6.01 Å². The van der Waals surface area contributed by atoms with E-state index in [4.69, 9.17) is 9.26 Å². The number of hydrogen-bond acceptors (Lipinski definition) is 5. The van der Waals surface area contributed by atoms with Gasteiger partial charge in [-0.2, -0.15) is 4.98 Å². The fourth-order valence-corrected chi connectivity index (χ4v) is 2.80. The van der Waals surface area contributed by atoms with Crippen molar-refractivity contribution in [3.05, 3.63) is 5.82 Å². The van der Waals surface area contributed by atoms with Crippen LogP contribution < -0.4 is 5.32 Å². The minimum Gasteiger partial charge on any atom is -0.378 e. The minimum absolute atomic E-state index is 0.293. The van der Waals surface area contributed by atoms with Crippen LogP contribution in [-0.4, -0.2) is 28.9 Å². The first-order chi connectivity index (χ1) is 9.63. The third kappa shape index (κ3) is 3.72. The van der Waals surface area contributed by atoms with Crippen LogP contribution >= 0.6 is 0 Å². The van der Waals surface area contributed by atoms with Gasteiger partial charge in [0.25, 0.3) is 0 Å². The van der Waals surface area contributed by atoms with E-state index in [1.807, 2.05) is 0 Å². The van der Waals surface area contributed by atoms with Crippen LogP contribution in [0.1, 0.15) is 65.1 Å². The SMILES string of the molecule is CCC(CC)C1CC(Nc2nc(C(C)C)no2)CCO1. The molecule has 2 atom stereocenters. The first-order valence-corrected chi connectivity index (χ1v) is 7.85. The van der Waals surface area contributed by atoms with Crippen LogP contribution in [0.3, 0.4) is 0 Å². The molecule has 2 heterocycles. The molecule has 2 rings (SSSR count). The summed E-state index contributed by atoms with van der Waals surface area (Å²) < 4.78 is 11.2. The van der Waals surface area contributed by atoms with Crippen LogP contribution in [0, 0.1) is 5.92 Å². The Morgan fingerprint density at radius 1 is 1.30 bits per heavy atom. The Kier molecular flexibility index (Phi) is 5.40. The summed E-state index contributed by atoms with van der Waals surface area (Å²) in [5.41, 5.74) is 0. The molecule has 2 unspecified atom stereocenters. The topological polar surface area (TPSA) is 60.2 Å². The summed E-state index contributed by atoms with van der Waals surface area (Å²) >= 11 is 0. The van der Waals surface area contributed by atoms with E-state index in [0.29, 0.717) is 30.0 Å². The molecule has 0 amide bonds. The van der Waals surface area contributed by atoms with Gasteiger partial charge in [-0.05, 0) is 18.8 Å². The molecule has 0 spiro atoms. The highest BCUT2D eigenvalue weighted by molar-refractivity contribution is 5.21. The number of anilines is 1. The molecular weight excluding hydrogens is 254 g/mol. The van der Waals surface area contributed by atoms with Crippen LogP contribution in [-0.2, 0) is 4.74 Å². The first-order valence-electron chi connectivity index (χ1n) is 7.85. The van der Waals surface area contributed by atoms with Crippen molar-refractivity contribution in [3.8, 4) is 0 Å². The maximum absolute atomic E-state index is 5.93. The monoisotopic (exact) mass is 281 g/mol. The van der Waals surface area contributed by atoms with Crippen LogP contribution in [0.2, 0.25) is 0 Å². The molecule has 1 N–H and O–H groups in total. The second-order valence-electron chi connectivity index (χ2n) is 5.96. The summed E-state index contributed by atoms with van der Waals surface area (Å²) in [6.45, 7) is 9.41. The fourth-order valence-electron chi connectivity index (χ4n) is 2.80. The van der Waals surface area contributed by atoms with Crippen LogP contribution in [0.5, 0.6) is 0 Å². The zero-order chi connectivity index (χ0) is 14.5. The van der Waals surface area contributed by atoms with Gasteiger partial charge in [-0.25, -0.2) is 0 Å². The lowest BCUT2D eigenvalue weighted by atomic mass is 9.89. The fraction of sp³-hybridized carbons (Fsp3) is 0.867. The minimum atomic E-state index is 0.293. The largest absolute Gasteiger partial charge is 0.378 e. The molecule has 1 saturated heterocycles. The molecule has 1 fully saturated rings. The number of nitrogens with zero attached hydrogens (tertiary/aromatic N) is 2.